The highest BCUT2D eigenvalue weighted by Crippen LogP contribution is 2.39. The van der Waals surface area contributed by atoms with E-state index in [-0.39, 0.29) is 0 Å². The molecule has 5 rings (SSSR count). The van der Waals surface area contributed by atoms with E-state index in [1.165, 1.54) is 12.8 Å². The monoisotopic (exact) mass is 340 g/mol. The van der Waals surface area contributed by atoms with E-state index in [2.05, 4.69) is 42.2 Å². The first-order chi connectivity index (χ1) is 12.3. The summed E-state index contributed by atoms with van der Waals surface area (Å²) in [7, 11) is 0. The van der Waals surface area contributed by atoms with E-state index < -0.39 is 0 Å². The van der Waals surface area contributed by atoms with Gasteiger partial charge in [0, 0.05) is 31.6 Å². The van der Waals surface area contributed by atoms with E-state index in [1.54, 1.807) is 10.8 Å². The third-order valence-electron chi connectivity index (χ3n) is 4.92. The first-order valence-electron chi connectivity index (χ1n) is 8.74. The summed E-state index contributed by atoms with van der Waals surface area (Å²) in [5.74, 6) is 3.00. The largest absolute Gasteiger partial charge is 0.424 e. The quantitative estimate of drug-likeness (QED) is 0.697. The average molecular weight is 340 g/mol. The predicted molar refractivity (Wildman–Crippen MR) is 89.1 cm³/mol. The van der Waals surface area contributed by atoms with Crippen LogP contribution in [0.25, 0.3) is 5.65 Å². The minimum atomic E-state index is 0.348. The molecular weight excluding hydrogens is 320 g/mol. The normalized spacial score (nSPS) is 22.0. The minimum Gasteiger partial charge on any atom is -0.424 e. The number of hydrogen-bond donors (Lipinski definition) is 0. The second kappa shape index (κ2) is 5.76. The maximum Gasteiger partial charge on any atom is 0.230 e. The third kappa shape index (κ3) is 2.84. The van der Waals surface area contributed by atoms with Crippen LogP contribution in [-0.2, 0) is 6.54 Å². The molecule has 2 aliphatic rings. The van der Waals surface area contributed by atoms with Gasteiger partial charge in [-0.1, -0.05) is 0 Å². The molecule has 9 nitrogen and oxygen atoms in total. The summed E-state index contributed by atoms with van der Waals surface area (Å²) < 4.78 is 7.50. The Bertz CT molecular complexity index is 885. The Balaban J connectivity index is 1.26. The van der Waals surface area contributed by atoms with Crippen LogP contribution in [0.2, 0.25) is 0 Å². The lowest BCUT2D eigenvalue weighted by Gasteiger charge is -2.39. The summed E-state index contributed by atoms with van der Waals surface area (Å²) in [6.45, 7) is 5.71. The summed E-state index contributed by atoms with van der Waals surface area (Å²) in [6.07, 6.45) is 4.00. The summed E-state index contributed by atoms with van der Waals surface area (Å²) in [6, 6.07) is 4.31. The lowest BCUT2D eigenvalue weighted by molar-refractivity contribution is 0.199. The highest BCUT2D eigenvalue weighted by Gasteiger charge is 2.30. The van der Waals surface area contributed by atoms with E-state index in [1.807, 2.05) is 12.1 Å². The number of hydrogen-bond acceptors (Lipinski definition) is 8. The topological polar surface area (TPSA) is 88.5 Å². The number of fused-ring (bicyclic) bond motifs is 1. The molecule has 3 aromatic rings. The first-order valence-corrected chi connectivity index (χ1v) is 8.74. The molecule has 4 heterocycles. The Kier molecular flexibility index (Phi) is 3.40. The summed E-state index contributed by atoms with van der Waals surface area (Å²) in [5.41, 5.74) is 0.762. The van der Waals surface area contributed by atoms with Crippen molar-refractivity contribution in [2.24, 2.45) is 0 Å². The Morgan fingerprint density at radius 3 is 2.92 bits per heavy atom. The van der Waals surface area contributed by atoms with Crippen molar-refractivity contribution in [2.45, 2.75) is 38.3 Å². The van der Waals surface area contributed by atoms with Gasteiger partial charge >= 0.3 is 0 Å². The van der Waals surface area contributed by atoms with Crippen molar-refractivity contribution in [3.63, 3.8) is 0 Å². The van der Waals surface area contributed by atoms with Gasteiger partial charge in [0.25, 0.3) is 0 Å². The minimum absolute atomic E-state index is 0.348. The molecule has 1 saturated heterocycles. The van der Waals surface area contributed by atoms with Crippen LogP contribution >= 0.6 is 0 Å². The molecule has 0 unspecified atom stereocenters. The Morgan fingerprint density at radius 1 is 1.16 bits per heavy atom. The Labute approximate surface area is 144 Å². The van der Waals surface area contributed by atoms with E-state index in [0.717, 1.165) is 49.4 Å². The molecule has 2 fully saturated rings. The van der Waals surface area contributed by atoms with Crippen molar-refractivity contribution < 1.29 is 4.42 Å². The fraction of sp³-hybridized carbons (Fsp3) is 0.562. The average Bonchev–Trinajstić information content (AvgIpc) is 3.17. The molecule has 0 aromatic carbocycles. The van der Waals surface area contributed by atoms with Crippen LogP contribution in [0.1, 0.15) is 37.5 Å². The van der Waals surface area contributed by atoms with Crippen molar-refractivity contribution in [3.05, 3.63) is 30.2 Å². The smallest absolute Gasteiger partial charge is 0.230 e. The SMILES string of the molecule is C[C@H]1CN(Cc2nnc(C3CC3)o2)CCN1c1ccc2nncn2n1. The number of nitrogens with zero attached hydrogens (tertiary/aromatic N) is 8. The highest BCUT2D eigenvalue weighted by molar-refractivity contribution is 5.46. The van der Waals surface area contributed by atoms with E-state index in [0.29, 0.717) is 12.0 Å². The zero-order valence-corrected chi connectivity index (χ0v) is 14.1. The lowest BCUT2D eigenvalue weighted by Crippen LogP contribution is -2.52. The molecule has 0 bridgehead atoms. The van der Waals surface area contributed by atoms with Gasteiger partial charge in [0.15, 0.2) is 5.65 Å². The summed E-state index contributed by atoms with van der Waals surface area (Å²) >= 11 is 0. The molecule has 130 valence electrons. The van der Waals surface area contributed by atoms with Gasteiger partial charge in [-0.3, -0.25) is 4.90 Å². The maximum atomic E-state index is 5.79. The van der Waals surface area contributed by atoms with Crippen LogP contribution in [0.15, 0.2) is 22.9 Å². The zero-order valence-electron chi connectivity index (χ0n) is 14.1. The van der Waals surface area contributed by atoms with Crippen LogP contribution in [0, 0.1) is 0 Å². The molecule has 0 spiro atoms. The standard InChI is InChI=1S/C16H20N8O/c1-11-8-22(9-15-19-20-16(25-15)12-2-3-12)6-7-23(11)14-5-4-13-18-17-10-24(13)21-14/h4-5,10-12H,2-3,6-9H2,1H3/t11-/m0/s1. The molecule has 3 aromatic heterocycles. The van der Waals surface area contributed by atoms with Crippen molar-refractivity contribution >= 4 is 11.5 Å². The van der Waals surface area contributed by atoms with Crippen LogP contribution < -0.4 is 4.90 Å². The molecule has 1 aliphatic carbocycles. The second-order valence-corrected chi connectivity index (χ2v) is 6.91. The lowest BCUT2D eigenvalue weighted by atomic mass is 10.2. The van der Waals surface area contributed by atoms with Crippen LogP contribution in [0.3, 0.4) is 0 Å². The van der Waals surface area contributed by atoms with E-state index in [4.69, 9.17) is 4.42 Å². The Hall–Kier alpha value is -2.55. The molecule has 0 radical (unpaired) electrons. The van der Waals surface area contributed by atoms with Gasteiger partial charge < -0.3 is 9.32 Å². The second-order valence-electron chi connectivity index (χ2n) is 6.91. The van der Waals surface area contributed by atoms with Gasteiger partial charge in [-0.15, -0.1) is 25.5 Å². The van der Waals surface area contributed by atoms with Crippen molar-refractivity contribution in [1.82, 2.24) is 34.9 Å². The zero-order chi connectivity index (χ0) is 16.8. The molecule has 1 saturated carbocycles. The molecule has 0 amide bonds. The molecule has 0 N–H and O–H groups in total. The van der Waals surface area contributed by atoms with Crippen molar-refractivity contribution in [1.29, 1.82) is 0 Å². The van der Waals surface area contributed by atoms with Crippen LogP contribution in [0.4, 0.5) is 5.82 Å². The molecule has 9 heteroatoms. The predicted octanol–water partition coefficient (Wildman–Crippen LogP) is 1.10. The molecule has 25 heavy (non-hydrogen) atoms. The van der Waals surface area contributed by atoms with Gasteiger partial charge in [0.1, 0.15) is 12.1 Å². The van der Waals surface area contributed by atoms with E-state index in [9.17, 15) is 0 Å². The highest BCUT2D eigenvalue weighted by atomic mass is 16.4. The van der Waals surface area contributed by atoms with E-state index >= 15 is 0 Å². The van der Waals surface area contributed by atoms with Gasteiger partial charge in [-0.25, -0.2) is 0 Å². The summed E-state index contributed by atoms with van der Waals surface area (Å²) in [5, 5.41) is 20.9. The van der Waals surface area contributed by atoms with Gasteiger partial charge in [-0.05, 0) is 31.9 Å². The number of rotatable bonds is 4. The third-order valence-corrected chi connectivity index (χ3v) is 4.92. The van der Waals surface area contributed by atoms with Gasteiger partial charge in [0.05, 0.1) is 6.54 Å². The van der Waals surface area contributed by atoms with Gasteiger partial charge in [-0.2, -0.15) is 4.52 Å². The Morgan fingerprint density at radius 2 is 2.08 bits per heavy atom. The summed E-state index contributed by atoms with van der Waals surface area (Å²) in [4.78, 5) is 4.68. The van der Waals surface area contributed by atoms with Crippen LogP contribution in [0.5, 0.6) is 0 Å². The number of piperazine rings is 1. The van der Waals surface area contributed by atoms with Crippen molar-refractivity contribution in [3.8, 4) is 0 Å². The fourth-order valence-electron chi connectivity index (χ4n) is 3.41. The van der Waals surface area contributed by atoms with Crippen LogP contribution in [-0.4, -0.2) is 60.6 Å². The molecular formula is C16H20N8O. The van der Waals surface area contributed by atoms with Gasteiger partial charge in [0.2, 0.25) is 11.8 Å². The first kappa shape index (κ1) is 14.8. The molecule has 1 aliphatic heterocycles. The van der Waals surface area contributed by atoms with Crippen molar-refractivity contribution in [2.75, 3.05) is 24.5 Å². The molecule has 1 atom stereocenters. The maximum absolute atomic E-state index is 5.79. The number of aromatic nitrogens is 6. The fourth-order valence-corrected chi connectivity index (χ4v) is 3.41. The number of anilines is 1.